The molecule has 4 nitrogen and oxygen atoms in total. The van der Waals surface area contributed by atoms with Crippen LogP contribution in [-0.2, 0) is 4.74 Å². The molecule has 2 atom stereocenters. The van der Waals surface area contributed by atoms with Crippen LogP contribution in [0.15, 0.2) is 36.4 Å². The van der Waals surface area contributed by atoms with Crippen molar-refractivity contribution in [2.45, 2.75) is 60.7 Å². The summed E-state index contributed by atoms with van der Waals surface area (Å²) < 4.78 is 12.7. The molecule has 2 unspecified atom stereocenters. The van der Waals surface area contributed by atoms with Gasteiger partial charge in [-0.15, -0.1) is 24.0 Å². The predicted molar refractivity (Wildman–Crippen MR) is 149 cm³/mol. The number of pyridine rings is 1. The number of piperidine rings is 1. The van der Waals surface area contributed by atoms with Gasteiger partial charge < -0.3 is 10.1 Å². The number of thiol groups is 1. The highest BCUT2D eigenvalue weighted by atomic mass is 79.9. The molecule has 3 rings (SSSR count). The first-order valence-corrected chi connectivity index (χ1v) is 15.0. The standard InChI is InChI=1S/C22H30Br2ClN3OS3/c1-2-16(7-8-26-22-19(24)11-17(30)13-27-22)29-10-4-6-15-5-3-9-28(14-15)32-20-12-18(23)21(25)31-20/h11-13,15-16,30H,2-10,14H2,1H3,(H,26,27). The average Bonchev–Trinajstić information content (AvgIpc) is 3.08. The zero-order valence-electron chi connectivity index (χ0n) is 18.2. The number of ether oxygens (including phenoxy) is 1. The molecule has 0 saturated carbocycles. The quantitative estimate of drug-likeness (QED) is 0.138. The van der Waals surface area contributed by atoms with Gasteiger partial charge in [-0.05, 0) is 100 Å². The number of aromatic nitrogens is 1. The van der Waals surface area contributed by atoms with Crippen LogP contribution in [0.1, 0.15) is 45.4 Å². The molecule has 0 aromatic carbocycles. The minimum Gasteiger partial charge on any atom is -0.378 e. The van der Waals surface area contributed by atoms with E-state index < -0.39 is 0 Å². The molecule has 0 radical (unpaired) electrons. The largest absolute Gasteiger partial charge is 0.378 e. The second-order valence-corrected chi connectivity index (χ2v) is 13.2. The maximum Gasteiger partial charge on any atom is 0.140 e. The minimum atomic E-state index is 0.283. The number of halogens is 3. The molecule has 178 valence electrons. The van der Waals surface area contributed by atoms with Crippen molar-refractivity contribution in [2.75, 3.05) is 31.6 Å². The summed E-state index contributed by atoms with van der Waals surface area (Å²) in [6.45, 7) is 6.17. The van der Waals surface area contributed by atoms with Crippen molar-refractivity contribution in [2.24, 2.45) is 5.92 Å². The Balaban J connectivity index is 1.31. The molecule has 0 amide bonds. The van der Waals surface area contributed by atoms with Gasteiger partial charge in [-0.3, -0.25) is 0 Å². The van der Waals surface area contributed by atoms with E-state index >= 15 is 0 Å². The lowest BCUT2D eigenvalue weighted by Gasteiger charge is -2.31. The predicted octanol–water partition coefficient (Wildman–Crippen LogP) is 8.41. The Labute approximate surface area is 227 Å². The monoisotopic (exact) mass is 641 g/mol. The molecular weight excluding hydrogens is 614 g/mol. The van der Waals surface area contributed by atoms with E-state index in [-0.39, 0.29) is 6.10 Å². The minimum absolute atomic E-state index is 0.283. The van der Waals surface area contributed by atoms with Gasteiger partial charge in [0.25, 0.3) is 0 Å². The fourth-order valence-electron chi connectivity index (χ4n) is 3.78. The third-order valence-corrected chi connectivity index (χ3v) is 9.95. The number of thiophene rings is 1. The van der Waals surface area contributed by atoms with Crippen LogP contribution in [0.3, 0.4) is 0 Å². The molecule has 1 saturated heterocycles. The van der Waals surface area contributed by atoms with E-state index in [9.17, 15) is 0 Å². The Bertz CT molecular complexity index is 838. The molecule has 0 bridgehead atoms. The van der Waals surface area contributed by atoms with Gasteiger partial charge in [-0.1, -0.05) is 18.5 Å². The number of anilines is 1. The average molecular weight is 644 g/mol. The van der Waals surface area contributed by atoms with Crippen LogP contribution in [-0.4, -0.2) is 41.6 Å². The van der Waals surface area contributed by atoms with Gasteiger partial charge in [0.15, 0.2) is 0 Å². The van der Waals surface area contributed by atoms with Gasteiger partial charge >= 0.3 is 0 Å². The fraction of sp³-hybridized carbons (Fsp3) is 0.591. The molecule has 1 fully saturated rings. The smallest absolute Gasteiger partial charge is 0.140 e. The zero-order valence-corrected chi connectivity index (χ0v) is 24.6. The Morgan fingerprint density at radius 2 is 2.25 bits per heavy atom. The Hall–Kier alpha value is 0.520. The molecule has 3 heterocycles. The van der Waals surface area contributed by atoms with Crippen molar-refractivity contribution in [3.05, 3.63) is 31.6 Å². The van der Waals surface area contributed by atoms with E-state index in [0.717, 1.165) is 75.4 Å². The van der Waals surface area contributed by atoms with Crippen molar-refractivity contribution in [1.82, 2.24) is 9.29 Å². The Kier molecular flexibility index (Phi) is 12.0. The van der Waals surface area contributed by atoms with Crippen molar-refractivity contribution in [3.8, 4) is 0 Å². The third kappa shape index (κ3) is 8.95. The molecule has 1 aliphatic heterocycles. The van der Waals surface area contributed by atoms with Crippen LogP contribution in [0.5, 0.6) is 0 Å². The molecule has 2 aromatic rings. The SMILES string of the molecule is CCC(CCNc1ncc(S)cc1Br)OCCCC1CCCN(Sc2cc(Br)c(Cl)s2)C1. The maximum atomic E-state index is 6.19. The van der Waals surface area contributed by atoms with Crippen LogP contribution in [0, 0.1) is 5.92 Å². The second kappa shape index (κ2) is 14.2. The van der Waals surface area contributed by atoms with Crippen LogP contribution < -0.4 is 5.32 Å². The summed E-state index contributed by atoms with van der Waals surface area (Å²) in [6.07, 6.45) is 8.97. The number of rotatable bonds is 12. The Morgan fingerprint density at radius 3 is 2.97 bits per heavy atom. The molecule has 1 N–H and O–H groups in total. The maximum absolute atomic E-state index is 6.19. The van der Waals surface area contributed by atoms with Crippen LogP contribution in [0.25, 0.3) is 0 Å². The molecule has 10 heteroatoms. The van der Waals surface area contributed by atoms with E-state index in [4.69, 9.17) is 16.3 Å². The van der Waals surface area contributed by atoms with Crippen molar-refractivity contribution < 1.29 is 4.74 Å². The normalized spacial score (nSPS) is 18.1. The first-order valence-electron chi connectivity index (χ1n) is 11.0. The molecule has 0 spiro atoms. The summed E-state index contributed by atoms with van der Waals surface area (Å²) in [5.74, 6) is 1.60. The summed E-state index contributed by atoms with van der Waals surface area (Å²) in [7, 11) is 0. The van der Waals surface area contributed by atoms with Crippen LogP contribution in [0.2, 0.25) is 4.34 Å². The van der Waals surface area contributed by atoms with Gasteiger partial charge in [-0.25, -0.2) is 9.29 Å². The van der Waals surface area contributed by atoms with E-state index in [1.807, 2.05) is 18.0 Å². The zero-order chi connectivity index (χ0) is 22.9. The third-order valence-electron chi connectivity index (χ3n) is 5.47. The van der Waals surface area contributed by atoms with E-state index in [1.54, 1.807) is 17.5 Å². The molecular formula is C22H30Br2ClN3OS3. The van der Waals surface area contributed by atoms with Gasteiger partial charge in [0, 0.05) is 41.8 Å². The van der Waals surface area contributed by atoms with Gasteiger partial charge in [-0.2, -0.15) is 0 Å². The summed E-state index contributed by atoms with van der Waals surface area (Å²) >= 11 is 21.0. The van der Waals surface area contributed by atoms with Gasteiger partial charge in [0.2, 0.25) is 0 Å². The molecule has 32 heavy (non-hydrogen) atoms. The van der Waals surface area contributed by atoms with Crippen LogP contribution >= 0.6 is 79.4 Å². The number of nitrogens with zero attached hydrogens (tertiary/aromatic N) is 2. The first-order chi connectivity index (χ1) is 15.4. The lowest BCUT2D eigenvalue weighted by molar-refractivity contribution is 0.0420. The highest BCUT2D eigenvalue weighted by Gasteiger charge is 2.21. The summed E-state index contributed by atoms with van der Waals surface area (Å²) in [4.78, 5) is 5.22. The van der Waals surface area contributed by atoms with Crippen LogP contribution in [0.4, 0.5) is 5.82 Å². The lowest BCUT2D eigenvalue weighted by Crippen LogP contribution is -2.30. The highest BCUT2D eigenvalue weighted by Crippen LogP contribution is 2.40. The van der Waals surface area contributed by atoms with E-state index in [0.29, 0.717) is 0 Å². The first kappa shape index (κ1) is 27.1. The van der Waals surface area contributed by atoms with Gasteiger partial charge in [0.1, 0.15) is 10.2 Å². The van der Waals surface area contributed by atoms with E-state index in [1.165, 1.54) is 23.5 Å². The summed E-state index contributed by atoms with van der Waals surface area (Å²) in [6, 6.07) is 4.07. The summed E-state index contributed by atoms with van der Waals surface area (Å²) in [5, 5.41) is 3.39. The summed E-state index contributed by atoms with van der Waals surface area (Å²) in [5.41, 5.74) is 0. The van der Waals surface area contributed by atoms with Crippen molar-refractivity contribution >= 4 is 85.2 Å². The number of nitrogens with one attached hydrogen (secondary N) is 1. The van der Waals surface area contributed by atoms with Crippen molar-refractivity contribution in [1.29, 1.82) is 0 Å². The topological polar surface area (TPSA) is 37.4 Å². The highest BCUT2D eigenvalue weighted by molar-refractivity contribution is 9.11. The number of hydrogen-bond donors (Lipinski definition) is 2. The fourth-order valence-corrected chi connectivity index (χ4v) is 8.01. The lowest BCUT2D eigenvalue weighted by atomic mass is 9.95. The van der Waals surface area contributed by atoms with Gasteiger partial charge in [0.05, 0.1) is 14.8 Å². The molecule has 1 aliphatic rings. The van der Waals surface area contributed by atoms with Crippen molar-refractivity contribution in [3.63, 3.8) is 0 Å². The molecule has 0 aliphatic carbocycles. The Morgan fingerprint density at radius 1 is 1.41 bits per heavy atom. The van der Waals surface area contributed by atoms with E-state index in [2.05, 4.69) is 72.1 Å². The second-order valence-electron chi connectivity index (χ2n) is 7.96. The molecule has 2 aromatic heterocycles. The number of hydrogen-bond acceptors (Lipinski definition) is 7.